The van der Waals surface area contributed by atoms with Gasteiger partial charge >= 0.3 is 0 Å². The minimum atomic E-state index is -0.0741. The van der Waals surface area contributed by atoms with Crippen LogP contribution in [0.25, 0.3) is 4.96 Å². The van der Waals surface area contributed by atoms with Crippen LogP contribution in [0.5, 0.6) is 11.5 Å². The second-order valence-electron chi connectivity index (χ2n) is 7.37. The zero-order valence-electron chi connectivity index (χ0n) is 17.3. The van der Waals surface area contributed by atoms with Crippen molar-refractivity contribution in [3.05, 3.63) is 46.2 Å². The fraction of sp³-hybridized carbons (Fsp3) is 0.429. The largest absolute Gasteiger partial charge is 0.493 e. The van der Waals surface area contributed by atoms with Crippen molar-refractivity contribution in [2.75, 3.05) is 20.8 Å². The summed E-state index contributed by atoms with van der Waals surface area (Å²) < 4.78 is 13.3. The molecule has 0 saturated heterocycles. The molecule has 2 heterocycles. The molecule has 0 N–H and O–H groups in total. The van der Waals surface area contributed by atoms with Crippen LogP contribution in [0.4, 0.5) is 0 Å². The standard InChI is InChI=1S/C21H27N3O3S/c1-13(2)12-27-18-8-7-16(9-19(18)26-6)20(25)23(5)11-17-15(4)22-21-24(17)10-14(3)28-21/h7-10,13H,11-12H2,1-6H3. The number of aromatic nitrogens is 2. The number of hydrogen-bond acceptors (Lipinski definition) is 5. The van der Waals surface area contributed by atoms with Crippen molar-refractivity contribution >= 4 is 22.2 Å². The summed E-state index contributed by atoms with van der Waals surface area (Å²) in [5, 5.41) is 0. The van der Waals surface area contributed by atoms with Crippen LogP contribution in [-0.4, -0.2) is 41.0 Å². The Kier molecular flexibility index (Phi) is 5.93. The van der Waals surface area contributed by atoms with Gasteiger partial charge in [0, 0.05) is 23.7 Å². The van der Waals surface area contributed by atoms with Gasteiger partial charge in [-0.05, 0) is 38.0 Å². The molecule has 0 unspecified atom stereocenters. The van der Waals surface area contributed by atoms with Gasteiger partial charge in [-0.2, -0.15) is 0 Å². The highest BCUT2D eigenvalue weighted by Crippen LogP contribution is 2.29. The molecule has 2 aromatic heterocycles. The Morgan fingerprint density at radius 1 is 1.29 bits per heavy atom. The molecule has 3 aromatic rings. The van der Waals surface area contributed by atoms with E-state index >= 15 is 0 Å². The molecular weight excluding hydrogens is 374 g/mol. The molecule has 0 aliphatic rings. The molecule has 1 aromatic carbocycles. The number of benzene rings is 1. The van der Waals surface area contributed by atoms with E-state index in [1.165, 1.54) is 4.88 Å². The lowest BCUT2D eigenvalue weighted by Gasteiger charge is -2.19. The van der Waals surface area contributed by atoms with Crippen molar-refractivity contribution in [1.82, 2.24) is 14.3 Å². The number of fused-ring (bicyclic) bond motifs is 1. The smallest absolute Gasteiger partial charge is 0.254 e. The highest BCUT2D eigenvalue weighted by molar-refractivity contribution is 7.17. The third-order valence-electron chi connectivity index (χ3n) is 4.46. The normalized spacial score (nSPS) is 11.2. The summed E-state index contributed by atoms with van der Waals surface area (Å²) in [5.74, 6) is 1.55. The second-order valence-corrected chi connectivity index (χ2v) is 8.58. The van der Waals surface area contributed by atoms with Crippen LogP contribution in [0, 0.1) is 19.8 Å². The predicted octanol–water partition coefficient (Wildman–Crippen LogP) is 4.33. The number of hydrogen-bond donors (Lipinski definition) is 0. The maximum absolute atomic E-state index is 13.0. The fourth-order valence-electron chi connectivity index (χ4n) is 2.99. The van der Waals surface area contributed by atoms with Gasteiger partial charge in [0.25, 0.3) is 5.91 Å². The van der Waals surface area contributed by atoms with E-state index in [0.717, 1.165) is 16.3 Å². The van der Waals surface area contributed by atoms with Crippen LogP contribution in [-0.2, 0) is 6.54 Å². The van der Waals surface area contributed by atoms with Gasteiger partial charge < -0.3 is 14.4 Å². The molecule has 0 bridgehead atoms. The SMILES string of the molecule is COc1cc(C(=O)N(C)Cc2c(C)nc3sc(C)cn23)ccc1OCC(C)C. The van der Waals surface area contributed by atoms with Crippen molar-refractivity contribution in [2.45, 2.75) is 34.2 Å². The van der Waals surface area contributed by atoms with Gasteiger partial charge in [-0.15, -0.1) is 11.3 Å². The first-order chi connectivity index (χ1) is 13.3. The molecular formula is C21H27N3O3S. The number of thiazole rings is 1. The van der Waals surface area contributed by atoms with E-state index in [-0.39, 0.29) is 5.91 Å². The van der Waals surface area contributed by atoms with Crippen LogP contribution >= 0.6 is 11.3 Å². The first-order valence-corrected chi connectivity index (χ1v) is 10.1. The monoisotopic (exact) mass is 401 g/mol. The Morgan fingerprint density at radius 3 is 2.71 bits per heavy atom. The van der Waals surface area contributed by atoms with Crippen LogP contribution in [0.15, 0.2) is 24.4 Å². The first-order valence-electron chi connectivity index (χ1n) is 9.30. The molecule has 0 aliphatic heterocycles. The quantitative estimate of drug-likeness (QED) is 0.591. The molecule has 0 saturated carbocycles. The molecule has 0 aliphatic carbocycles. The lowest BCUT2D eigenvalue weighted by atomic mass is 10.1. The van der Waals surface area contributed by atoms with E-state index in [9.17, 15) is 4.79 Å². The van der Waals surface area contributed by atoms with Gasteiger partial charge in [0.15, 0.2) is 16.5 Å². The van der Waals surface area contributed by atoms with E-state index in [4.69, 9.17) is 9.47 Å². The van der Waals surface area contributed by atoms with Gasteiger partial charge in [0.1, 0.15) is 0 Å². The van der Waals surface area contributed by atoms with E-state index in [2.05, 4.69) is 36.4 Å². The molecule has 150 valence electrons. The molecule has 0 spiro atoms. The van der Waals surface area contributed by atoms with Crippen molar-refractivity contribution < 1.29 is 14.3 Å². The lowest BCUT2D eigenvalue weighted by Crippen LogP contribution is -2.27. The molecule has 28 heavy (non-hydrogen) atoms. The number of rotatable bonds is 7. The fourth-order valence-corrected chi connectivity index (χ4v) is 3.88. The van der Waals surface area contributed by atoms with Gasteiger partial charge in [-0.1, -0.05) is 13.8 Å². The first kappa shape index (κ1) is 20.2. The highest BCUT2D eigenvalue weighted by atomic mass is 32.1. The Balaban J connectivity index is 1.79. The summed E-state index contributed by atoms with van der Waals surface area (Å²) in [7, 11) is 3.39. The third-order valence-corrected chi connectivity index (χ3v) is 5.36. The van der Waals surface area contributed by atoms with Crippen molar-refractivity contribution in [1.29, 1.82) is 0 Å². The van der Waals surface area contributed by atoms with Gasteiger partial charge in [-0.3, -0.25) is 9.20 Å². The van der Waals surface area contributed by atoms with E-state index in [1.54, 1.807) is 48.6 Å². The molecule has 3 rings (SSSR count). The Bertz CT molecular complexity index is 990. The third kappa shape index (κ3) is 4.14. The summed E-state index contributed by atoms with van der Waals surface area (Å²) in [6.45, 7) is 9.29. The summed E-state index contributed by atoms with van der Waals surface area (Å²) in [4.78, 5) is 21.4. The second kappa shape index (κ2) is 8.22. The lowest BCUT2D eigenvalue weighted by molar-refractivity contribution is 0.0782. The molecule has 7 heteroatoms. The Morgan fingerprint density at radius 2 is 2.04 bits per heavy atom. The van der Waals surface area contributed by atoms with Crippen LogP contribution in [0.1, 0.15) is 40.5 Å². The molecule has 0 fully saturated rings. The number of nitrogens with zero attached hydrogens (tertiary/aromatic N) is 3. The number of amides is 1. The Labute approximate surface area is 169 Å². The number of imidazole rings is 1. The molecule has 6 nitrogen and oxygen atoms in total. The summed E-state index contributed by atoms with van der Waals surface area (Å²) >= 11 is 1.65. The Hall–Kier alpha value is -2.54. The number of ether oxygens (including phenoxy) is 2. The van der Waals surface area contributed by atoms with Crippen LogP contribution in [0.3, 0.4) is 0 Å². The number of carbonyl (C=O) groups excluding carboxylic acids is 1. The predicted molar refractivity (Wildman–Crippen MR) is 112 cm³/mol. The van der Waals surface area contributed by atoms with Crippen molar-refractivity contribution in [2.24, 2.45) is 5.92 Å². The van der Waals surface area contributed by atoms with E-state index in [1.807, 2.05) is 6.92 Å². The minimum Gasteiger partial charge on any atom is -0.493 e. The molecule has 1 amide bonds. The highest BCUT2D eigenvalue weighted by Gasteiger charge is 2.19. The number of aryl methyl sites for hydroxylation is 2. The van der Waals surface area contributed by atoms with Crippen LogP contribution in [0.2, 0.25) is 0 Å². The minimum absolute atomic E-state index is 0.0741. The topological polar surface area (TPSA) is 56.1 Å². The summed E-state index contributed by atoms with van der Waals surface area (Å²) in [6.07, 6.45) is 2.07. The van der Waals surface area contributed by atoms with Crippen LogP contribution < -0.4 is 9.47 Å². The summed E-state index contributed by atoms with van der Waals surface area (Å²) in [6, 6.07) is 5.32. The average Bonchev–Trinajstić information content (AvgIpc) is 3.15. The van der Waals surface area contributed by atoms with Gasteiger partial charge in [-0.25, -0.2) is 4.98 Å². The van der Waals surface area contributed by atoms with Gasteiger partial charge in [0.2, 0.25) is 0 Å². The van der Waals surface area contributed by atoms with E-state index < -0.39 is 0 Å². The van der Waals surface area contributed by atoms with E-state index in [0.29, 0.717) is 36.1 Å². The maximum atomic E-state index is 13.0. The zero-order chi connectivity index (χ0) is 20.4. The van der Waals surface area contributed by atoms with Crippen molar-refractivity contribution in [3.63, 3.8) is 0 Å². The summed E-state index contributed by atoms with van der Waals surface area (Å²) in [5.41, 5.74) is 2.54. The number of methoxy groups -OCH3 is 1. The number of carbonyl (C=O) groups is 1. The van der Waals surface area contributed by atoms with Crippen molar-refractivity contribution in [3.8, 4) is 11.5 Å². The zero-order valence-corrected chi connectivity index (χ0v) is 18.1. The molecule has 0 atom stereocenters. The van der Waals surface area contributed by atoms with Gasteiger partial charge in [0.05, 0.1) is 31.6 Å². The molecule has 0 radical (unpaired) electrons. The maximum Gasteiger partial charge on any atom is 0.254 e. The average molecular weight is 402 g/mol.